The number of carbonyl (C=O) groups excluding carboxylic acids is 2. The van der Waals surface area contributed by atoms with Crippen LogP contribution in [-0.4, -0.2) is 17.8 Å². The van der Waals surface area contributed by atoms with E-state index < -0.39 is 0 Å². The van der Waals surface area contributed by atoms with Gasteiger partial charge in [-0.25, -0.2) is 4.98 Å². The number of anilines is 2. The Balaban J connectivity index is 2.95. The summed E-state index contributed by atoms with van der Waals surface area (Å²) in [6, 6.07) is 3.23. The molecule has 0 aliphatic carbocycles. The molecule has 0 fully saturated rings. The number of amides is 2. The number of rotatable bonds is 4. The van der Waals surface area contributed by atoms with Crippen molar-refractivity contribution in [1.29, 1.82) is 0 Å². The van der Waals surface area contributed by atoms with Crippen molar-refractivity contribution in [3.05, 3.63) is 16.6 Å². The minimum Gasteiger partial charge on any atom is -0.313 e. The molecule has 0 bridgehead atoms. The molecule has 13 heavy (non-hydrogen) atoms. The Labute approximate surface area is 82.7 Å². The summed E-state index contributed by atoms with van der Waals surface area (Å²) in [4.78, 5) is 24.1. The number of pyridine rings is 1. The third kappa shape index (κ3) is 2.83. The summed E-state index contributed by atoms with van der Waals surface area (Å²) in [6.45, 7) is 0. The molecule has 0 radical (unpaired) electrons. The summed E-state index contributed by atoms with van der Waals surface area (Å²) < 4.78 is 0.719. The van der Waals surface area contributed by atoms with Crippen molar-refractivity contribution in [1.82, 2.24) is 4.98 Å². The molecule has 2 N–H and O–H groups in total. The molecule has 68 valence electrons. The number of aromatic nitrogens is 1. The van der Waals surface area contributed by atoms with Gasteiger partial charge in [-0.3, -0.25) is 9.59 Å². The number of carbonyl (C=O) groups is 2. The monoisotopic (exact) mass is 243 g/mol. The van der Waals surface area contributed by atoms with Gasteiger partial charge in [-0.1, -0.05) is 15.9 Å². The highest BCUT2D eigenvalue weighted by Gasteiger charge is 1.98. The van der Waals surface area contributed by atoms with Crippen LogP contribution in [0.3, 0.4) is 0 Å². The SMILES string of the molecule is O=CNc1cc(Br)cc(NC=O)n1. The Morgan fingerprint density at radius 2 is 1.62 bits per heavy atom. The fraction of sp³-hybridized carbons (Fsp3) is 0. The fourth-order valence-electron chi connectivity index (χ4n) is 0.766. The second kappa shape index (κ2) is 4.56. The van der Waals surface area contributed by atoms with Crippen molar-refractivity contribution in [3.8, 4) is 0 Å². The molecule has 5 nitrogen and oxygen atoms in total. The molecule has 0 aromatic carbocycles. The lowest BCUT2D eigenvalue weighted by Gasteiger charge is -2.02. The normalized spacial score (nSPS) is 9.00. The molecule has 0 aliphatic rings. The Hall–Kier alpha value is -1.43. The largest absolute Gasteiger partial charge is 0.313 e. The van der Waals surface area contributed by atoms with Crippen LogP contribution in [0.25, 0.3) is 0 Å². The molecule has 2 amide bonds. The third-order valence-electron chi connectivity index (χ3n) is 1.20. The Kier molecular flexibility index (Phi) is 3.39. The van der Waals surface area contributed by atoms with Gasteiger partial charge in [-0.05, 0) is 12.1 Å². The molecule has 0 saturated carbocycles. The maximum absolute atomic E-state index is 10.1. The second-order valence-corrected chi connectivity index (χ2v) is 3.00. The van der Waals surface area contributed by atoms with Crippen LogP contribution in [0.1, 0.15) is 0 Å². The molecular weight excluding hydrogens is 238 g/mol. The summed E-state index contributed by atoms with van der Waals surface area (Å²) in [6.07, 6.45) is 1.03. The van der Waals surface area contributed by atoms with E-state index in [4.69, 9.17) is 0 Å². The van der Waals surface area contributed by atoms with Crippen LogP contribution in [0.2, 0.25) is 0 Å². The van der Waals surface area contributed by atoms with Crippen LogP contribution in [0.5, 0.6) is 0 Å². The van der Waals surface area contributed by atoms with Crippen molar-refractivity contribution in [3.63, 3.8) is 0 Å². The minimum atomic E-state index is 0.369. The molecule has 0 unspecified atom stereocenters. The summed E-state index contributed by atoms with van der Waals surface area (Å²) in [5.74, 6) is 0.738. The molecular formula is C7H6BrN3O2. The van der Waals surface area contributed by atoms with E-state index in [2.05, 4.69) is 31.5 Å². The topological polar surface area (TPSA) is 71.1 Å². The average Bonchev–Trinajstić information content (AvgIpc) is 2.04. The van der Waals surface area contributed by atoms with E-state index in [1.54, 1.807) is 12.1 Å². The van der Waals surface area contributed by atoms with Crippen LogP contribution in [-0.2, 0) is 9.59 Å². The van der Waals surface area contributed by atoms with Crippen molar-refractivity contribution in [2.45, 2.75) is 0 Å². The van der Waals surface area contributed by atoms with E-state index in [1.165, 1.54) is 0 Å². The lowest BCUT2D eigenvalue weighted by molar-refractivity contribution is -0.106. The molecule has 0 atom stereocenters. The number of nitrogens with zero attached hydrogens (tertiary/aromatic N) is 1. The van der Waals surface area contributed by atoms with Gasteiger partial charge < -0.3 is 10.6 Å². The molecule has 0 spiro atoms. The maximum Gasteiger partial charge on any atom is 0.212 e. The highest BCUT2D eigenvalue weighted by atomic mass is 79.9. The molecule has 0 saturated heterocycles. The lowest BCUT2D eigenvalue weighted by atomic mass is 10.4. The van der Waals surface area contributed by atoms with Crippen LogP contribution in [0, 0.1) is 0 Å². The van der Waals surface area contributed by atoms with Crippen LogP contribution >= 0.6 is 15.9 Å². The Morgan fingerprint density at radius 1 is 1.15 bits per heavy atom. The number of hydrogen-bond acceptors (Lipinski definition) is 3. The van der Waals surface area contributed by atoms with Crippen LogP contribution in [0.4, 0.5) is 11.6 Å². The van der Waals surface area contributed by atoms with E-state index in [1.807, 2.05) is 0 Å². The van der Waals surface area contributed by atoms with Crippen LogP contribution in [0.15, 0.2) is 16.6 Å². The highest BCUT2D eigenvalue weighted by Crippen LogP contribution is 2.18. The van der Waals surface area contributed by atoms with E-state index >= 15 is 0 Å². The zero-order chi connectivity index (χ0) is 9.68. The van der Waals surface area contributed by atoms with Gasteiger partial charge in [0, 0.05) is 4.47 Å². The van der Waals surface area contributed by atoms with Crippen molar-refractivity contribution >= 4 is 40.4 Å². The predicted octanol–water partition coefficient (Wildman–Crippen LogP) is 0.981. The first-order valence-electron chi connectivity index (χ1n) is 3.34. The average molecular weight is 244 g/mol. The third-order valence-corrected chi connectivity index (χ3v) is 1.66. The summed E-state index contributed by atoms with van der Waals surface area (Å²) >= 11 is 3.20. The molecule has 1 aromatic rings. The summed E-state index contributed by atoms with van der Waals surface area (Å²) in [5.41, 5.74) is 0. The van der Waals surface area contributed by atoms with Gasteiger partial charge in [0.2, 0.25) is 12.8 Å². The van der Waals surface area contributed by atoms with Crippen molar-refractivity contribution < 1.29 is 9.59 Å². The molecule has 1 heterocycles. The van der Waals surface area contributed by atoms with Crippen molar-refractivity contribution in [2.75, 3.05) is 10.6 Å². The Bertz CT molecular complexity index is 301. The first-order valence-corrected chi connectivity index (χ1v) is 4.13. The first kappa shape index (κ1) is 9.66. The zero-order valence-electron chi connectivity index (χ0n) is 6.45. The smallest absolute Gasteiger partial charge is 0.212 e. The van der Waals surface area contributed by atoms with Gasteiger partial charge in [0.1, 0.15) is 11.6 Å². The molecule has 0 aliphatic heterocycles. The van der Waals surface area contributed by atoms with Gasteiger partial charge in [0.05, 0.1) is 0 Å². The quantitative estimate of drug-likeness (QED) is 0.775. The number of hydrogen-bond donors (Lipinski definition) is 2. The minimum absolute atomic E-state index is 0.369. The van der Waals surface area contributed by atoms with Crippen molar-refractivity contribution in [2.24, 2.45) is 0 Å². The van der Waals surface area contributed by atoms with Gasteiger partial charge in [0.15, 0.2) is 0 Å². The summed E-state index contributed by atoms with van der Waals surface area (Å²) in [7, 11) is 0. The van der Waals surface area contributed by atoms with Gasteiger partial charge in [0.25, 0.3) is 0 Å². The Morgan fingerprint density at radius 3 is 2.00 bits per heavy atom. The standard InChI is InChI=1S/C7H6BrN3O2/c8-5-1-6(9-3-12)11-7(2-5)10-4-13/h1-4H,(H2,9,10,11,12,13). The van der Waals surface area contributed by atoms with E-state index in [0.29, 0.717) is 24.5 Å². The lowest BCUT2D eigenvalue weighted by Crippen LogP contribution is -2.01. The number of halogens is 1. The van der Waals surface area contributed by atoms with E-state index in [9.17, 15) is 9.59 Å². The van der Waals surface area contributed by atoms with E-state index in [-0.39, 0.29) is 0 Å². The molecule has 6 heteroatoms. The second-order valence-electron chi connectivity index (χ2n) is 2.08. The fourth-order valence-corrected chi connectivity index (χ4v) is 1.20. The first-order chi connectivity index (χ1) is 6.26. The highest BCUT2D eigenvalue weighted by molar-refractivity contribution is 9.10. The zero-order valence-corrected chi connectivity index (χ0v) is 8.04. The van der Waals surface area contributed by atoms with Gasteiger partial charge in [-0.15, -0.1) is 0 Å². The number of nitrogens with one attached hydrogen (secondary N) is 2. The maximum atomic E-state index is 10.1. The molecule has 1 rings (SSSR count). The van der Waals surface area contributed by atoms with Crippen LogP contribution < -0.4 is 10.6 Å². The predicted molar refractivity (Wildman–Crippen MR) is 51.3 cm³/mol. The summed E-state index contributed by atoms with van der Waals surface area (Å²) in [5, 5.41) is 4.74. The van der Waals surface area contributed by atoms with Gasteiger partial charge >= 0.3 is 0 Å². The van der Waals surface area contributed by atoms with E-state index in [0.717, 1.165) is 4.47 Å². The van der Waals surface area contributed by atoms with Gasteiger partial charge in [-0.2, -0.15) is 0 Å². The molecule has 1 aromatic heterocycles.